The summed E-state index contributed by atoms with van der Waals surface area (Å²) in [6.45, 7) is 0.133. The maximum atomic E-state index is 12.0. The molecule has 0 bridgehead atoms. The van der Waals surface area contributed by atoms with Gasteiger partial charge in [-0.25, -0.2) is 0 Å². The van der Waals surface area contributed by atoms with Gasteiger partial charge in [0, 0.05) is 21.8 Å². The van der Waals surface area contributed by atoms with E-state index in [4.69, 9.17) is 5.11 Å². The SMILES string of the molecule is O=C(NC(CCO)C1CC1)c1cccc(I)c1. The van der Waals surface area contributed by atoms with Gasteiger partial charge in [0.1, 0.15) is 0 Å². The number of carbonyl (C=O) groups is 1. The Labute approximate surface area is 115 Å². The third kappa shape index (κ3) is 3.67. The molecule has 1 aliphatic carbocycles. The number of rotatable bonds is 5. The molecule has 2 N–H and O–H groups in total. The maximum absolute atomic E-state index is 12.0. The molecule has 92 valence electrons. The summed E-state index contributed by atoms with van der Waals surface area (Å²) >= 11 is 2.19. The van der Waals surface area contributed by atoms with Crippen LogP contribution in [0, 0.1) is 9.49 Å². The van der Waals surface area contributed by atoms with Gasteiger partial charge in [0.2, 0.25) is 0 Å². The van der Waals surface area contributed by atoms with Crippen LogP contribution < -0.4 is 5.32 Å². The Balaban J connectivity index is 1.99. The molecule has 1 saturated carbocycles. The summed E-state index contributed by atoms with van der Waals surface area (Å²) in [5.74, 6) is 0.530. The largest absolute Gasteiger partial charge is 0.396 e. The molecule has 3 nitrogen and oxygen atoms in total. The van der Waals surface area contributed by atoms with Crippen molar-refractivity contribution in [3.63, 3.8) is 0 Å². The first-order valence-electron chi connectivity index (χ1n) is 5.88. The van der Waals surface area contributed by atoms with Crippen LogP contribution >= 0.6 is 22.6 Å². The van der Waals surface area contributed by atoms with E-state index in [1.807, 2.05) is 24.3 Å². The van der Waals surface area contributed by atoms with Crippen LogP contribution in [0.5, 0.6) is 0 Å². The molecule has 1 fully saturated rings. The number of halogens is 1. The summed E-state index contributed by atoms with van der Waals surface area (Å²) in [4.78, 5) is 12.0. The second-order valence-electron chi connectivity index (χ2n) is 4.44. The Morgan fingerprint density at radius 2 is 2.29 bits per heavy atom. The van der Waals surface area contributed by atoms with Crippen molar-refractivity contribution >= 4 is 28.5 Å². The van der Waals surface area contributed by atoms with Gasteiger partial charge < -0.3 is 10.4 Å². The Bertz CT molecular complexity index is 404. The van der Waals surface area contributed by atoms with Crippen LogP contribution in [-0.2, 0) is 0 Å². The van der Waals surface area contributed by atoms with Crippen molar-refractivity contribution in [3.8, 4) is 0 Å². The minimum absolute atomic E-state index is 0.0335. The van der Waals surface area contributed by atoms with Gasteiger partial charge in [-0.3, -0.25) is 4.79 Å². The predicted molar refractivity (Wildman–Crippen MR) is 74.8 cm³/mol. The average molecular weight is 345 g/mol. The fraction of sp³-hybridized carbons (Fsp3) is 0.462. The molecule has 1 unspecified atom stereocenters. The topological polar surface area (TPSA) is 49.3 Å². The van der Waals surface area contributed by atoms with Crippen molar-refractivity contribution in [2.75, 3.05) is 6.61 Å². The number of benzene rings is 1. The summed E-state index contributed by atoms with van der Waals surface area (Å²) in [5, 5.41) is 12.0. The summed E-state index contributed by atoms with van der Waals surface area (Å²) in [6.07, 6.45) is 2.98. The highest BCUT2D eigenvalue weighted by Gasteiger charge is 2.31. The molecule has 1 amide bonds. The van der Waals surface area contributed by atoms with E-state index < -0.39 is 0 Å². The van der Waals surface area contributed by atoms with E-state index in [9.17, 15) is 4.79 Å². The van der Waals surface area contributed by atoms with Crippen LogP contribution in [0.4, 0.5) is 0 Å². The molecule has 1 atom stereocenters. The molecule has 0 spiro atoms. The minimum atomic E-state index is -0.0335. The molecule has 0 radical (unpaired) electrons. The van der Waals surface area contributed by atoms with E-state index in [2.05, 4.69) is 27.9 Å². The van der Waals surface area contributed by atoms with Gasteiger partial charge in [-0.15, -0.1) is 0 Å². The van der Waals surface area contributed by atoms with Gasteiger partial charge in [-0.05, 0) is 66.0 Å². The number of hydrogen-bond donors (Lipinski definition) is 2. The van der Waals surface area contributed by atoms with Crippen molar-refractivity contribution in [1.82, 2.24) is 5.32 Å². The molecule has 1 aliphatic rings. The fourth-order valence-corrected chi connectivity index (χ4v) is 2.49. The van der Waals surface area contributed by atoms with Crippen LogP contribution in [0.2, 0.25) is 0 Å². The van der Waals surface area contributed by atoms with Crippen LogP contribution in [-0.4, -0.2) is 23.7 Å². The quantitative estimate of drug-likeness (QED) is 0.804. The summed E-state index contributed by atoms with van der Waals surface area (Å²) < 4.78 is 1.06. The number of amides is 1. The maximum Gasteiger partial charge on any atom is 0.251 e. The van der Waals surface area contributed by atoms with Gasteiger partial charge in [-0.2, -0.15) is 0 Å². The lowest BCUT2D eigenvalue weighted by molar-refractivity contribution is 0.0924. The molecular weight excluding hydrogens is 329 g/mol. The molecule has 0 heterocycles. The van der Waals surface area contributed by atoms with E-state index in [0.29, 0.717) is 17.9 Å². The molecule has 0 saturated heterocycles. The molecule has 4 heteroatoms. The predicted octanol–water partition coefficient (Wildman–Crippen LogP) is 2.18. The standard InChI is InChI=1S/C13H16INO2/c14-11-3-1-2-10(8-11)13(17)15-12(6-7-16)9-4-5-9/h1-3,8-9,12,16H,4-7H2,(H,15,17). The lowest BCUT2D eigenvalue weighted by Crippen LogP contribution is -2.37. The molecule has 0 aliphatic heterocycles. The molecule has 1 aromatic rings. The second-order valence-corrected chi connectivity index (χ2v) is 5.69. The third-order valence-corrected chi connectivity index (χ3v) is 3.71. The van der Waals surface area contributed by atoms with Crippen molar-refractivity contribution in [3.05, 3.63) is 33.4 Å². The number of aliphatic hydroxyl groups is 1. The van der Waals surface area contributed by atoms with Gasteiger partial charge in [0.05, 0.1) is 0 Å². The van der Waals surface area contributed by atoms with Crippen molar-refractivity contribution in [1.29, 1.82) is 0 Å². The second kappa shape index (κ2) is 5.82. The first kappa shape index (κ1) is 12.8. The zero-order valence-electron chi connectivity index (χ0n) is 9.53. The fourth-order valence-electron chi connectivity index (χ4n) is 1.94. The summed E-state index contributed by atoms with van der Waals surface area (Å²) in [5.41, 5.74) is 0.695. The zero-order chi connectivity index (χ0) is 12.3. The normalized spacial score (nSPS) is 16.6. The first-order chi connectivity index (χ1) is 8.20. The highest BCUT2D eigenvalue weighted by molar-refractivity contribution is 14.1. The van der Waals surface area contributed by atoms with Gasteiger partial charge in [0.25, 0.3) is 5.91 Å². The van der Waals surface area contributed by atoms with Crippen LogP contribution in [0.25, 0.3) is 0 Å². The van der Waals surface area contributed by atoms with Crippen molar-refractivity contribution in [2.45, 2.75) is 25.3 Å². The highest BCUT2D eigenvalue weighted by atomic mass is 127. The Kier molecular flexibility index (Phi) is 4.39. The Hall–Kier alpha value is -0.620. The number of aliphatic hydroxyl groups excluding tert-OH is 1. The highest BCUT2D eigenvalue weighted by Crippen LogP contribution is 2.34. The molecular formula is C13H16INO2. The lowest BCUT2D eigenvalue weighted by Gasteiger charge is -2.17. The smallest absolute Gasteiger partial charge is 0.251 e. The van der Waals surface area contributed by atoms with Gasteiger partial charge >= 0.3 is 0 Å². The number of nitrogens with one attached hydrogen (secondary N) is 1. The Morgan fingerprint density at radius 1 is 1.53 bits per heavy atom. The van der Waals surface area contributed by atoms with E-state index in [1.165, 1.54) is 0 Å². The molecule has 0 aromatic heterocycles. The summed E-state index contributed by atoms with van der Waals surface area (Å²) in [7, 11) is 0. The monoisotopic (exact) mass is 345 g/mol. The Morgan fingerprint density at radius 3 is 2.88 bits per heavy atom. The van der Waals surface area contributed by atoms with Crippen LogP contribution in [0.1, 0.15) is 29.6 Å². The van der Waals surface area contributed by atoms with E-state index in [1.54, 1.807) is 0 Å². The molecule has 17 heavy (non-hydrogen) atoms. The summed E-state index contributed by atoms with van der Waals surface area (Å²) in [6, 6.07) is 7.67. The average Bonchev–Trinajstić information content (AvgIpc) is 3.12. The van der Waals surface area contributed by atoms with Gasteiger partial charge in [0.15, 0.2) is 0 Å². The molecule has 1 aromatic carbocycles. The number of carbonyl (C=O) groups excluding carboxylic acids is 1. The first-order valence-corrected chi connectivity index (χ1v) is 6.96. The lowest BCUT2D eigenvalue weighted by atomic mass is 10.1. The van der Waals surface area contributed by atoms with Crippen LogP contribution in [0.3, 0.4) is 0 Å². The van der Waals surface area contributed by atoms with E-state index in [0.717, 1.165) is 16.4 Å². The number of hydrogen-bond acceptors (Lipinski definition) is 2. The zero-order valence-corrected chi connectivity index (χ0v) is 11.7. The van der Waals surface area contributed by atoms with Gasteiger partial charge in [-0.1, -0.05) is 6.07 Å². The van der Waals surface area contributed by atoms with Crippen molar-refractivity contribution in [2.24, 2.45) is 5.92 Å². The van der Waals surface area contributed by atoms with Crippen LogP contribution in [0.15, 0.2) is 24.3 Å². The minimum Gasteiger partial charge on any atom is -0.396 e. The molecule has 2 rings (SSSR count). The third-order valence-electron chi connectivity index (χ3n) is 3.03. The van der Waals surface area contributed by atoms with E-state index in [-0.39, 0.29) is 18.6 Å². The van der Waals surface area contributed by atoms with Crippen molar-refractivity contribution < 1.29 is 9.90 Å². The van der Waals surface area contributed by atoms with E-state index >= 15 is 0 Å².